The van der Waals surface area contributed by atoms with Crippen LogP contribution < -0.4 is 0 Å². The fourth-order valence-electron chi connectivity index (χ4n) is 4.55. The average Bonchev–Trinajstić information content (AvgIpc) is 2.61. The Morgan fingerprint density at radius 1 is 0.917 bits per heavy atom. The molecule has 0 N–H and O–H groups in total. The topological polar surface area (TPSA) is 20.3 Å². The molecule has 1 saturated carbocycles. The molecule has 1 amide bonds. The van der Waals surface area contributed by atoms with Crippen LogP contribution in [-0.2, 0) is 0 Å². The van der Waals surface area contributed by atoms with Crippen molar-refractivity contribution in [3.63, 3.8) is 0 Å². The summed E-state index contributed by atoms with van der Waals surface area (Å²) in [7, 11) is 0. The predicted molar refractivity (Wildman–Crippen MR) is 98.0 cm³/mol. The molecule has 0 spiro atoms. The maximum absolute atomic E-state index is 13.3. The van der Waals surface area contributed by atoms with Gasteiger partial charge in [0.1, 0.15) is 0 Å². The highest BCUT2D eigenvalue weighted by atomic mass is 16.2. The molecule has 4 rings (SSSR count). The Balaban J connectivity index is 1.67. The Hall–Kier alpha value is -2.09. The summed E-state index contributed by atoms with van der Waals surface area (Å²) >= 11 is 0. The van der Waals surface area contributed by atoms with Gasteiger partial charge in [-0.3, -0.25) is 4.79 Å². The molecule has 24 heavy (non-hydrogen) atoms. The van der Waals surface area contributed by atoms with E-state index in [0.717, 1.165) is 24.2 Å². The number of rotatable bonds is 2. The molecule has 2 aromatic rings. The fraction of sp³-hybridized carbons (Fsp3) is 0.409. The van der Waals surface area contributed by atoms with Gasteiger partial charge < -0.3 is 4.90 Å². The van der Waals surface area contributed by atoms with Gasteiger partial charge in [-0.05, 0) is 60.8 Å². The maximum Gasteiger partial charge on any atom is 0.254 e. The SMILES string of the molecule is Cc1ccccc1-c1ccccc1C(=O)N1C[C@@H]2CCC[C@H](C2)C1. The van der Waals surface area contributed by atoms with Gasteiger partial charge in [0.05, 0.1) is 0 Å². The van der Waals surface area contributed by atoms with E-state index in [2.05, 4.69) is 42.2 Å². The van der Waals surface area contributed by atoms with Gasteiger partial charge in [0.2, 0.25) is 0 Å². The van der Waals surface area contributed by atoms with Crippen LogP contribution in [0.3, 0.4) is 0 Å². The lowest BCUT2D eigenvalue weighted by Gasteiger charge is -2.41. The number of benzene rings is 2. The highest BCUT2D eigenvalue weighted by Crippen LogP contribution is 2.36. The number of nitrogens with zero attached hydrogens (tertiary/aromatic N) is 1. The van der Waals surface area contributed by atoms with E-state index >= 15 is 0 Å². The molecular weight excluding hydrogens is 294 g/mol. The molecule has 124 valence electrons. The van der Waals surface area contributed by atoms with Crippen molar-refractivity contribution in [1.82, 2.24) is 4.90 Å². The van der Waals surface area contributed by atoms with E-state index in [1.807, 2.05) is 18.2 Å². The van der Waals surface area contributed by atoms with Crippen LogP contribution in [0.4, 0.5) is 0 Å². The minimum Gasteiger partial charge on any atom is -0.338 e. The smallest absolute Gasteiger partial charge is 0.254 e. The van der Waals surface area contributed by atoms with Crippen molar-refractivity contribution in [1.29, 1.82) is 0 Å². The van der Waals surface area contributed by atoms with Gasteiger partial charge >= 0.3 is 0 Å². The lowest BCUT2D eigenvalue weighted by Crippen LogP contribution is -2.45. The summed E-state index contributed by atoms with van der Waals surface area (Å²) < 4.78 is 0. The lowest BCUT2D eigenvalue weighted by molar-refractivity contribution is 0.0505. The largest absolute Gasteiger partial charge is 0.338 e. The summed E-state index contributed by atoms with van der Waals surface area (Å²) in [5.41, 5.74) is 4.30. The van der Waals surface area contributed by atoms with Crippen LogP contribution in [-0.4, -0.2) is 23.9 Å². The number of carbonyl (C=O) groups excluding carboxylic acids is 1. The van der Waals surface area contributed by atoms with E-state index in [1.54, 1.807) is 0 Å². The second kappa shape index (κ2) is 6.43. The van der Waals surface area contributed by atoms with Crippen molar-refractivity contribution in [2.75, 3.05) is 13.1 Å². The van der Waals surface area contributed by atoms with Crippen LogP contribution in [0.15, 0.2) is 48.5 Å². The summed E-state index contributed by atoms with van der Waals surface area (Å²) in [6.45, 7) is 4.00. The molecule has 0 aromatic heterocycles. The van der Waals surface area contributed by atoms with Gasteiger partial charge in [-0.25, -0.2) is 0 Å². The quantitative estimate of drug-likeness (QED) is 0.769. The van der Waals surface area contributed by atoms with Crippen LogP contribution in [0.5, 0.6) is 0 Å². The number of likely N-dealkylation sites (tertiary alicyclic amines) is 1. The third kappa shape index (κ3) is 2.86. The van der Waals surface area contributed by atoms with Gasteiger partial charge in [0.25, 0.3) is 5.91 Å². The van der Waals surface area contributed by atoms with Gasteiger partial charge in [-0.2, -0.15) is 0 Å². The maximum atomic E-state index is 13.3. The zero-order valence-electron chi connectivity index (χ0n) is 14.4. The lowest BCUT2D eigenvalue weighted by atomic mass is 9.77. The Labute approximate surface area is 144 Å². The predicted octanol–water partition coefficient (Wildman–Crippen LogP) is 4.92. The van der Waals surface area contributed by atoms with E-state index in [0.29, 0.717) is 11.8 Å². The molecule has 0 unspecified atom stereocenters. The second-order valence-corrected chi connectivity index (χ2v) is 7.47. The van der Waals surface area contributed by atoms with E-state index < -0.39 is 0 Å². The van der Waals surface area contributed by atoms with Crippen molar-refractivity contribution >= 4 is 5.91 Å². The first kappa shape index (κ1) is 15.4. The van der Waals surface area contributed by atoms with Crippen molar-refractivity contribution in [2.24, 2.45) is 11.8 Å². The summed E-state index contributed by atoms with van der Waals surface area (Å²) in [5, 5.41) is 0. The molecule has 2 heteroatoms. The van der Waals surface area contributed by atoms with Crippen LogP contribution in [0, 0.1) is 18.8 Å². The number of piperidine rings is 1. The van der Waals surface area contributed by atoms with Crippen LogP contribution in [0.1, 0.15) is 41.6 Å². The molecule has 1 saturated heterocycles. The first-order valence-electron chi connectivity index (χ1n) is 9.16. The number of hydrogen-bond donors (Lipinski definition) is 0. The summed E-state index contributed by atoms with van der Waals surface area (Å²) in [6.07, 6.45) is 5.25. The van der Waals surface area contributed by atoms with Crippen molar-refractivity contribution in [3.05, 3.63) is 59.7 Å². The summed E-state index contributed by atoms with van der Waals surface area (Å²) in [6, 6.07) is 16.4. The Morgan fingerprint density at radius 2 is 1.54 bits per heavy atom. The Kier molecular flexibility index (Phi) is 4.13. The minimum atomic E-state index is 0.213. The highest BCUT2D eigenvalue weighted by Gasteiger charge is 2.33. The monoisotopic (exact) mass is 319 g/mol. The van der Waals surface area contributed by atoms with Gasteiger partial charge in [0, 0.05) is 18.7 Å². The Bertz CT molecular complexity index is 739. The third-order valence-electron chi connectivity index (χ3n) is 5.73. The Morgan fingerprint density at radius 3 is 2.25 bits per heavy atom. The fourth-order valence-corrected chi connectivity index (χ4v) is 4.55. The van der Waals surface area contributed by atoms with Crippen molar-refractivity contribution in [3.8, 4) is 11.1 Å². The van der Waals surface area contributed by atoms with Gasteiger partial charge in [0.15, 0.2) is 0 Å². The number of hydrogen-bond acceptors (Lipinski definition) is 1. The first-order valence-corrected chi connectivity index (χ1v) is 9.16. The van der Waals surface area contributed by atoms with Gasteiger partial charge in [-0.15, -0.1) is 0 Å². The normalized spacial score (nSPS) is 23.1. The molecule has 2 aromatic carbocycles. The van der Waals surface area contributed by atoms with Gasteiger partial charge in [-0.1, -0.05) is 48.9 Å². The van der Waals surface area contributed by atoms with Crippen molar-refractivity contribution in [2.45, 2.75) is 32.6 Å². The molecular formula is C22H25NO. The standard InChI is InChI=1S/C22H25NO/c1-16-7-2-3-10-19(16)20-11-4-5-12-21(20)22(24)23-14-17-8-6-9-18(13-17)15-23/h2-5,7,10-12,17-18H,6,8-9,13-15H2,1H3/t17-,18-/m1/s1. The molecule has 2 nitrogen and oxygen atoms in total. The zero-order valence-corrected chi connectivity index (χ0v) is 14.4. The highest BCUT2D eigenvalue weighted by molar-refractivity contribution is 6.01. The average molecular weight is 319 g/mol. The molecule has 1 aliphatic carbocycles. The summed E-state index contributed by atoms with van der Waals surface area (Å²) in [4.78, 5) is 15.4. The first-order chi connectivity index (χ1) is 11.7. The number of carbonyl (C=O) groups is 1. The molecule has 0 radical (unpaired) electrons. The number of fused-ring (bicyclic) bond motifs is 2. The van der Waals surface area contributed by atoms with E-state index in [1.165, 1.54) is 36.8 Å². The minimum absolute atomic E-state index is 0.213. The van der Waals surface area contributed by atoms with E-state index in [9.17, 15) is 4.79 Å². The van der Waals surface area contributed by atoms with E-state index in [4.69, 9.17) is 0 Å². The number of amides is 1. The zero-order chi connectivity index (χ0) is 16.5. The second-order valence-electron chi connectivity index (χ2n) is 7.47. The molecule has 1 heterocycles. The van der Waals surface area contributed by atoms with E-state index in [-0.39, 0.29) is 5.91 Å². The van der Waals surface area contributed by atoms with Crippen LogP contribution in [0.2, 0.25) is 0 Å². The van der Waals surface area contributed by atoms with Crippen LogP contribution >= 0.6 is 0 Å². The van der Waals surface area contributed by atoms with Crippen molar-refractivity contribution < 1.29 is 4.79 Å². The number of aryl methyl sites for hydroxylation is 1. The third-order valence-corrected chi connectivity index (χ3v) is 5.73. The molecule has 2 aliphatic rings. The molecule has 2 atom stereocenters. The molecule has 2 bridgehead atoms. The van der Waals surface area contributed by atoms with Crippen LogP contribution in [0.25, 0.3) is 11.1 Å². The summed E-state index contributed by atoms with van der Waals surface area (Å²) in [5.74, 6) is 1.64. The molecule has 2 fully saturated rings. The molecule has 1 aliphatic heterocycles.